The molecule has 0 saturated carbocycles. The predicted molar refractivity (Wildman–Crippen MR) is 84.7 cm³/mol. The van der Waals surface area contributed by atoms with Gasteiger partial charge in [-0.25, -0.2) is 22.8 Å². The van der Waals surface area contributed by atoms with Crippen molar-refractivity contribution >= 4 is 11.9 Å². The van der Waals surface area contributed by atoms with E-state index in [1.165, 1.54) is 18.2 Å². The first-order valence-corrected chi connectivity index (χ1v) is 7.95. The SMILES string of the molecule is CCc1c(F)cccc1[C@@H]1C2=C(COC2=O)NC(C(F)F)=C1C(=O)OC. The lowest BCUT2D eigenvalue weighted by Gasteiger charge is -2.29. The van der Waals surface area contributed by atoms with Crippen LogP contribution < -0.4 is 5.32 Å². The fourth-order valence-corrected chi connectivity index (χ4v) is 3.38. The number of hydrogen-bond donors (Lipinski definition) is 1. The number of carbonyl (C=O) groups excluding carboxylic acids is 2. The number of benzene rings is 1. The molecular weight excluding hydrogens is 351 g/mol. The van der Waals surface area contributed by atoms with Gasteiger partial charge in [-0.1, -0.05) is 19.1 Å². The van der Waals surface area contributed by atoms with Gasteiger partial charge in [0.1, 0.15) is 12.4 Å². The van der Waals surface area contributed by atoms with Gasteiger partial charge in [-0.2, -0.15) is 0 Å². The first-order valence-electron chi connectivity index (χ1n) is 7.95. The molecule has 0 unspecified atom stereocenters. The van der Waals surface area contributed by atoms with Crippen molar-refractivity contribution in [1.82, 2.24) is 5.32 Å². The number of alkyl halides is 2. The number of halogens is 3. The van der Waals surface area contributed by atoms with Gasteiger partial charge in [0.2, 0.25) is 0 Å². The summed E-state index contributed by atoms with van der Waals surface area (Å²) >= 11 is 0. The van der Waals surface area contributed by atoms with Gasteiger partial charge in [0.15, 0.2) is 0 Å². The highest BCUT2D eigenvalue weighted by atomic mass is 19.3. The Hall–Kier alpha value is -2.77. The van der Waals surface area contributed by atoms with Crippen LogP contribution in [-0.2, 0) is 25.5 Å². The first-order chi connectivity index (χ1) is 12.4. The zero-order valence-corrected chi connectivity index (χ0v) is 14.1. The smallest absolute Gasteiger partial charge is 0.337 e. The van der Waals surface area contributed by atoms with Gasteiger partial charge in [-0.15, -0.1) is 0 Å². The van der Waals surface area contributed by atoms with Crippen molar-refractivity contribution in [3.05, 3.63) is 57.7 Å². The molecule has 5 nitrogen and oxygen atoms in total. The van der Waals surface area contributed by atoms with Crippen LogP contribution in [-0.4, -0.2) is 32.1 Å². The molecule has 8 heteroatoms. The largest absolute Gasteiger partial charge is 0.466 e. The number of nitrogens with one attached hydrogen (secondary N) is 1. The van der Waals surface area contributed by atoms with E-state index >= 15 is 0 Å². The Morgan fingerprint density at radius 1 is 1.42 bits per heavy atom. The number of hydrogen-bond acceptors (Lipinski definition) is 5. The van der Waals surface area contributed by atoms with E-state index in [1.54, 1.807) is 6.92 Å². The molecule has 0 amide bonds. The average Bonchev–Trinajstić information content (AvgIpc) is 3.00. The van der Waals surface area contributed by atoms with E-state index in [0.29, 0.717) is 0 Å². The average molecular weight is 367 g/mol. The molecule has 1 aromatic rings. The maximum atomic E-state index is 14.3. The lowest BCUT2D eigenvalue weighted by molar-refractivity contribution is -0.136. The Morgan fingerprint density at radius 3 is 2.77 bits per heavy atom. The molecule has 0 saturated heterocycles. The van der Waals surface area contributed by atoms with E-state index in [-0.39, 0.29) is 35.4 Å². The van der Waals surface area contributed by atoms with Crippen LogP contribution in [0.5, 0.6) is 0 Å². The summed E-state index contributed by atoms with van der Waals surface area (Å²) < 4.78 is 51.2. The summed E-state index contributed by atoms with van der Waals surface area (Å²) in [5.74, 6) is -3.49. The van der Waals surface area contributed by atoms with E-state index in [2.05, 4.69) is 10.1 Å². The summed E-state index contributed by atoms with van der Waals surface area (Å²) in [5, 5.41) is 2.43. The van der Waals surface area contributed by atoms with Gasteiger partial charge < -0.3 is 14.8 Å². The predicted octanol–water partition coefficient (Wildman–Crippen LogP) is 2.58. The second-order valence-electron chi connectivity index (χ2n) is 5.81. The number of dihydropyridines is 1. The highest BCUT2D eigenvalue weighted by Gasteiger charge is 2.45. The summed E-state index contributed by atoms with van der Waals surface area (Å²) in [6.07, 6.45) is -2.77. The molecule has 1 N–H and O–H groups in total. The molecule has 0 bridgehead atoms. The minimum atomic E-state index is -3.02. The minimum absolute atomic E-state index is 0.0232. The molecular formula is C18H16F3NO4. The molecule has 138 valence electrons. The maximum Gasteiger partial charge on any atom is 0.337 e. The Labute approximate surface area is 147 Å². The second-order valence-corrected chi connectivity index (χ2v) is 5.81. The molecule has 1 atom stereocenters. The van der Waals surface area contributed by atoms with Crippen molar-refractivity contribution in [2.45, 2.75) is 25.7 Å². The van der Waals surface area contributed by atoms with E-state index in [9.17, 15) is 22.8 Å². The third-order valence-electron chi connectivity index (χ3n) is 4.49. The van der Waals surface area contributed by atoms with Crippen molar-refractivity contribution in [1.29, 1.82) is 0 Å². The van der Waals surface area contributed by atoms with Crippen LogP contribution in [0.2, 0.25) is 0 Å². The molecule has 0 radical (unpaired) electrons. The number of esters is 2. The van der Waals surface area contributed by atoms with Gasteiger partial charge in [0.25, 0.3) is 6.43 Å². The minimum Gasteiger partial charge on any atom is -0.466 e. The second kappa shape index (κ2) is 6.86. The Bertz CT molecular complexity index is 845. The monoisotopic (exact) mass is 367 g/mol. The molecule has 3 rings (SSSR count). The first kappa shape index (κ1) is 18.0. The van der Waals surface area contributed by atoms with Crippen molar-refractivity contribution in [2.24, 2.45) is 0 Å². The van der Waals surface area contributed by atoms with Gasteiger partial charge in [-0.3, -0.25) is 0 Å². The standard InChI is InChI=1S/C18H16F3NO4/c1-3-8-9(5-4-6-10(8)19)12-13-11(7-26-18(13)24)22-15(16(20)21)14(12)17(23)25-2/h4-6,12,16,22H,3,7H2,1-2H3/t12-/m1/s1. The normalized spacial score (nSPS) is 19.5. The number of rotatable bonds is 4. The number of ether oxygens (including phenoxy) is 2. The Balaban J connectivity index is 2.31. The van der Waals surface area contributed by atoms with Gasteiger partial charge >= 0.3 is 11.9 Å². The van der Waals surface area contributed by atoms with Crippen molar-refractivity contribution in [3.8, 4) is 0 Å². The molecule has 0 spiro atoms. The molecule has 0 aromatic heterocycles. The lowest BCUT2D eigenvalue weighted by Crippen LogP contribution is -2.34. The van der Waals surface area contributed by atoms with E-state index in [0.717, 1.165) is 7.11 Å². The fourth-order valence-electron chi connectivity index (χ4n) is 3.38. The van der Waals surface area contributed by atoms with Gasteiger partial charge in [0, 0.05) is 0 Å². The number of cyclic esters (lactones) is 1. The topological polar surface area (TPSA) is 64.6 Å². The zero-order chi connectivity index (χ0) is 19.0. The van der Waals surface area contributed by atoms with Crippen molar-refractivity contribution in [3.63, 3.8) is 0 Å². The Kier molecular flexibility index (Phi) is 4.76. The molecule has 0 fully saturated rings. The Morgan fingerprint density at radius 2 is 2.15 bits per heavy atom. The van der Waals surface area contributed by atoms with Crippen LogP contribution in [0.1, 0.15) is 24.0 Å². The molecule has 0 aliphatic carbocycles. The van der Waals surface area contributed by atoms with E-state index < -0.39 is 41.4 Å². The lowest BCUT2D eigenvalue weighted by atomic mass is 9.78. The third kappa shape index (κ3) is 2.75. The quantitative estimate of drug-likeness (QED) is 0.829. The van der Waals surface area contributed by atoms with Crippen LogP contribution in [0.4, 0.5) is 13.2 Å². The number of carbonyl (C=O) groups is 2. The number of allylic oxidation sites excluding steroid dienone is 1. The fraction of sp³-hybridized carbons (Fsp3) is 0.333. The van der Waals surface area contributed by atoms with E-state index in [4.69, 9.17) is 4.74 Å². The zero-order valence-electron chi connectivity index (χ0n) is 14.1. The summed E-state index contributed by atoms with van der Waals surface area (Å²) in [7, 11) is 1.05. The van der Waals surface area contributed by atoms with Crippen LogP contribution in [0, 0.1) is 5.82 Å². The summed E-state index contributed by atoms with van der Waals surface area (Å²) in [4.78, 5) is 24.6. The highest BCUT2D eigenvalue weighted by Crippen LogP contribution is 2.44. The van der Waals surface area contributed by atoms with Crippen LogP contribution >= 0.6 is 0 Å². The molecule has 1 aromatic carbocycles. The molecule has 2 aliphatic rings. The molecule has 2 aliphatic heterocycles. The van der Waals surface area contributed by atoms with Crippen LogP contribution in [0.25, 0.3) is 0 Å². The van der Waals surface area contributed by atoms with Gasteiger partial charge in [0.05, 0.1) is 35.6 Å². The highest BCUT2D eigenvalue weighted by molar-refractivity contribution is 6.01. The number of methoxy groups -OCH3 is 1. The third-order valence-corrected chi connectivity index (χ3v) is 4.49. The molecule has 26 heavy (non-hydrogen) atoms. The van der Waals surface area contributed by atoms with Crippen molar-refractivity contribution in [2.75, 3.05) is 13.7 Å². The summed E-state index contributed by atoms with van der Waals surface area (Å²) in [5.41, 5.74) is -0.408. The van der Waals surface area contributed by atoms with E-state index in [1.807, 2.05) is 0 Å². The van der Waals surface area contributed by atoms with Crippen LogP contribution in [0.15, 0.2) is 40.7 Å². The maximum absolute atomic E-state index is 14.3. The van der Waals surface area contributed by atoms with Crippen molar-refractivity contribution < 1.29 is 32.2 Å². The molecule has 2 heterocycles. The van der Waals surface area contributed by atoms with Gasteiger partial charge in [-0.05, 0) is 23.6 Å². The summed E-state index contributed by atoms with van der Waals surface area (Å²) in [6.45, 7) is 1.48. The summed E-state index contributed by atoms with van der Waals surface area (Å²) in [6, 6.07) is 4.16. The van der Waals surface area contributed by atoms with Crippen LogP contribution in [0.3, 0.4) is 0 Å².